The van der Waals surface area contributed by atoms with E-state index in [4.69, 9.17) is 5.11 Å². The number of carbonyl (C=O) groups excluding carboxylic acids is 3. The third kappa shape index (κ3) is 22.7. The summed E-state index contributed by atoms with van der Waals surface area (Å²) in [6, 6.07) is 0. The highest BCUT2D eigenvalue weighted by molar-refractivity contribution is 6.03. The molecule has 1 rings (SSSR count). The fraction of sp³-hybridized carbons (Fsp3) is 0.870. The zero-order valence-corrected chi connectivity index (χ0v) is 20.4. The van der Waals surface area contributed by atoms with Crippen molar-refractivity contribution in [2.45, 2.75) is 94.4 Å². The molecule has 0 spiro atoms. The number of hydrogen-bond donors (Lipinski definition) is 3. The fourth-order valence-corrected chi connectivity index (χ4v) is 2.14. The maximum atomic E-state index is 11.0. The number of carbonyl (C=O) groups is 3. The highest BCUT2D eigenvalue weighted by atomic mass is 16.3. The minimum atomic E-state index is -0.135. The van der Waals surface area contributed by atoms with Crippen LogP contribution in [0, 0.1) is 23.7 Å². The molecule has 3 amide bonds. The zero-order valence-electron chi connectivity index (χ0n) is 20.4. The molecule has 0 aromatic carbocycles. The SMILES string of the molecule is CC.CC(C)C1CC(=O)NC1=O.CC(C)CCO.CCCNC(=O)CCC(C)C. The molecule has 174 valence electrons. The van der Waals surface area contributed by atoms with Gasteiger partial charge in [0.25, 0.3) is 0 Å². The van der Waals surface area contributed by atoms with E-state index in [1.807, 2.05) is 27.7 Å². The molecule has 1 aliphatic heterocycles. The minimum Gasteiger partial charge on any atom is -0.396 e. The number of nitrogens with one attached hydrogen (secondary N) is 2. The molecule has 0 aliphatic carbocycles. The Hall–Kier alpha value is -1.43. The molecule has 0 saturated carbocycles. The predicted molar refractivity (Wildman–Crippen MR) is 121 cm³/mol. The summed E-state index contributed by atoms with van der Waals surface area (Å²) in [6.07, 6.45) is 4.00. The van der Waals surface area contributed by atoms with Crippen LogP contribution in [0.15, 0.2) is 0 Å². The summed E-state index contributed by atoms with van der Waals surface area (Å²) in [5.41, 5.74) is 0. The first-order valence-corrected chi connectivity index (χ1v) is 11.3. The smallest absolute Gasteiger partial charge is 0.230 e. The molecule has 1 atom stereocenters. The second-order valence-corrected chi connectivity index (χ2v) is 8.16. The van der Waals surface area contributed by atoms with Crippen LogP contribution in [0.3, 0.4) is 0 Å². The molecule has 3 N–H and O–H groups in total. The van der Waals surface area contributed by atoms with E-state index >= 15 is 0 Å². The van der Waals surface area contributed by atoms with Gasteiger partial charge in [-0.1, -0.05) is 62.3 Å². The van der Waals surface area contributed by atoms with Crippen LogP contribution >= 0.6 is 0 Å². The molecule has 1 heterocycles. The lowest BCUT2D eigenvalue weighted by atomic mass is 9.95. The Kier molecular flexibility index (Phi) is 23.7. The molecule has 6 heteroatoms. The van der Waals surface area contributed by atoms with E-state index in [9.17, 15) is 14.4 Å². The lowest BCUT2D eigenvalue weighted by molar-refractivity contribution is -0.126. The van der Waals surface area contributed by atoms with Gasteiger partial charge in [0.05, 0.1) is 0 Å². The Morgan fingerprint density at radius 3 is 1.83 bits per heavy atom. The molecule has 0 aromatic rings. The molecule has 0 radical (unpaired) electrons. The standard InChI is InChI=1S/C9H19NO.C7H11NO2.C5H12O.C2H6/c1-4-7-10-9(11)6-5-8(2)3;1-4(2)5-3-6(9)8-7(5)10;1-5(2)3-4-6;1-2/h8H,4-7H2,1-3H3,(H,10,11);4-5H,3H2,1-2H3,(H,8,9,10);5-6H,3-4H2,1-2H3;1-2H3. The Morgan fingerprint density at radius 1 is 1.07 bits per heavy atom. The summed E-state index contributed by atoms with van der Waals surface area (Å²) < 4.78 is 0. The van der Waals surface area contributed by atoms with Crippen LogP contribution in [0.1, 0.15) is 94.4 Å². The van der Waals surface area contributed by atoms with Gasteiger partial charge in [-0.3, -0.25) is 19.7 Å². The topological polar surface area (TPSA) is 95.5 Å². The van der Waals surface area contributed by atoms with E-state index in [0.717, 1.165) is 25.8 Å². The summed E-state index contributed by atoms with van der Waals surface area (Å²) in [6.45, 7) is 19.6. The number of hydrogen-bond acceptors (Lipinski definition) is 4. The van der Waals surface area contributed by atoms with Crippen molar-refractivity contribution in [3.8, 4) is 0 Å². The number of aliphatic hydroxyl groups excluding tert-OH is 1. The van der Waals surface area contributed by atoms with Gasteiger partial charge in [-0.25, -0.2) is 0 Å². The van der Waals surface area contributed by atoms with Crippen molar-refractivity contribution in [2.75, 3.05) is 13.2 Å². The molecule has 1 unspecified atom stereocenters. The van der Waals surface area contributed by atoms with Gasteiger partial charge >= 0.3 is 0 Å². The van der Waals surface area contributed by atoms with Crippen molar-refractivity contribution < 1.29 is 19.5 Å². The van der Waals surface area contributed by atoms with Gasteiger partial charge in [0.1, 0.15) is 0 Å². The number of amides is 3. The van der Waals surface area contributed by atoms with Crippen LogP contribution in [-0.4, -0.2) is 36.0 Å². The molecule has 29 heavy (non-hydrogen) atoms. The van der Waals surface area contributed by atoms with Crippen molar-refractivity contribution in [2.24, 2.45) is 23.7 Å². The lowest BCUT2D eigenvalue weighted by Crippen LogP contribution is -2.24. The highest BCUT2D eigenvalue weighted by Crippen LogP contribution is 2.19. The third-order valence-corrected chi connectivity index (χ3v) is 4.04. The first-order chi connectivity index (χ1) is 13.5. The van der Waals surface area contributed by atoms with E-state index in [1.165, 1.54) is 0 Å². The van der Waals surface area contributed by atoms with E-state index in [0.29, 0.717) is 31.3 Å². The number of aliphatic hydroxyl groups is 1. The van der Waals surface area contributed by atoms with Gasteiger partial charge in [0, 0.05) is 31.9 Å². The lowest BCUT2D eigenvalue weighted by Gasteiger charge is -2.07. The zero-order chi connectivity index (χ0) is 23.4. The molecular weight excluding hydrogens is 368 g/mol. The van der Waals surface area contributed by atoms with Crippen molar-refractivity contribution in [3.05, 3.63) is 0 Å². The molecular formula is C23H48N2O4. The average Bonchev–Trinajstić information content (AvgIpc) is 2.99. The summed E-state index contributed by atoms with van der Waals surface area (Å²) in [5, 5.41) is 13.4. The van der Waals surface area contributed by atoms with Gasteiger partial charge in [-0.15, -0.1) is 0 Å². The van der Waals surface area contributed by atoms with Crippen LogP contribution < -0.4 is 10.6 Å². The predicted octanol–water partition coefficient (Wildman–Crippen LogP) is 4.30. The molecule has 6 nitrogen and oxygen atoms in total. The summed E-state index contributed by atoms with van der Waals surface area (Å²) in [4.78, 5) is 32.5. The maximum absolute atomic E-state index is 11.0. The fourth-order valence-electron chi connectivity index (χ4n) is 2.14. The Labute approximate surface area is 179 Å². The number of rotatable bonds is 8. The van der Waals surface area contributed by atoms with Crippen molar-refractivity contribution in [1.82, 2.24) is 10.6 Å². The quantitative estimate of drug-likeness (QED) is 0.514. The van der Waals surface area contributed by atoms with Crippen molar-refractivity contribution in [1.29, 1.82) is 0 Å². The average molecular weight is 417 g/mol. The second-order valence-electron chi connectivity index (χ2n) is 8.16. The second kappa shape index (κ2) is 21.3. The summed E-state index contributed by atoms with van der Waals surface area (Å²) in [5.74, 6) is 1.40. The van der Waals surface area contributed by atoms with Gasteiger partial charge in [-0.2, -0.15) is 0 Å². The van der Waals surface area contributed by atoms with Gasteiger partial charge in [-0.05, 0) is 37.0 Å². The molecule has 0 aromatic heterocycles. The highest BCUT2D eigenvalue weighted by Gasteiger charge is 2.32. The van der Waals surface area contributed by atoms with Crippen LogP contribution in [0.2, 0.25) is 0 Å². The van der Waals surface area contributed by atoms with E-state index < -0.39 is 0 Å². The first-order valence-electron chi connectivity index (χ1n) is 11.3. The Morgan fingerprint density at radius 2 is 1.59 bits per heavy atom. The van der Waals surface area contributed by atoms with Gasteiger partial charge in [0.15, 0.2) is 0 Å². The van der Waals surface area contributed by atoms with Gasteiger partial charge < -0.3 is 10.4 Å². The van der Waals surface area contributed by atoms with Gasteiger partial charge in [0.2, 0.25) is 17.7 Å². The Balaban J connectivity index is -0.000000347. The third-order valence-electron chi connectivity index (χ3n) is 4.04. The number of imide groups is 1. The van der Waals surface area contributed by atoms with E-state index in [2.05, 4.69) is 45.3 Å². The normalized spacial score (nSPS) is 15.0. The van der Waals surface area contributed by atoms with E-state index in [-0.39, 0.29) is 29.6 Å². The minimum absolute atomic E-state index is 0.0903. The molecule has 1 aliphatic rings. The molecule has 1 fully saturated rings. The molecule has 0 bridgehead atoms. The monoisotopic (exact) mass is 416 g/mol. The van der Waals surface area contributed by atoms with Crippen molar-refractivity contribution in [3.63, 3.8) is 0 Å². The summed E-state index contributed by atoms with van der Waals surface area (Å²) in [7, 11) is 0. The first kappa shape index (κ1) is 32.2. The van der Waals surface area contributed by atoms with Crippen molar-refractivity contribution >= 4 is 17.7 Å². The van der Waals surface area contributed by atoms with Crippen LogP contribution in [-0.2, 0) is 14.4 Å². The van der Waals surface area contributed by atoms with Crippen LogP contribution in [0.25, 0.3) is 0 Å². The maximum Gasteiger partial charge on any atom is 0.230 e. The molecule has 1 saturated heterocycles. The van der Waals surface area contributed by atoms with E-state index in [1.54, 1.807) is 0 Å². The largest absolute Gasteiger partial charge is 0.396 e. The van der Waals surface area contributed by atoms with Crippen LogP contribution in [0.5, 0.6) is 0 Å². The van der Waals surface area contributed by atoms with Crippen LogP contribution in [0.4, 0.5) is 0 Å². The Bertz CT molecular complexity index is 421. The summed E-state index contributed by atoms with van der Waals surface area (Å²) >= 11 is 0.